The fourth-order valence-corrected chi connectivity index (χ4v) is 2.53. The second-order valence-electron chi connectivity index (χ2n) is 6.03. The van der Waals surface area contributed by atoms with Gasteiger partial charge in [0.1, 0.15) is 0 Å². The molecule has 0 aliphatic carbocycles. The normalized spacial score (nSPS) is 19.4. The molecule has 0 spiro atoms. The maximum Gasteiger partial charge on any atom is 0.0587 e. The van der Waals surface area contributed by atoms with Crippen molar-refractivity contribution in [2.45, 2.75) is 25.8 Å². The Labute approximate surface area is 122 Å². The van der Waals surface area contributed by atoms with Crippen LogP contribution in [0.2, 0.25) is 0 Å². The van der Waals surface area contributed by atoms with Gasteiger partial charge in [-0.15, -0.1) is 0 Å². The van der Waals surface area contributed by atoms with E-state index in [2.05, 4.69) is 60.5 Å². The zero-order valence-corrected chi connectivity index (χ0v) is 13.0. The zero-order valence-electron chi connectivity index (χ0n) is 13.0. The largest absolute Gasteiger partial charge is 0.329 e. The van der Waals surface area contributed by atoms with E-state index in [1.54, 1.807) is 0 Å². The predicted molar refractivity (Wildman–Crippen MR) is 84.5 cm³/mol. The van der Waals surface area contributed by atoms with Crippen molar-refractivity contribution in [2.75, 3.05) is 39.8 Å². The fourth-order valence-electron chi connectivity index (χ4n) is 2.53. The topological polar surface area (TPSA) is 44.5 Å². The molecule has 4 heteroatoms. The van der Waals surface area contributed by atoms with Crippen molar-refractivity contribution in [3.05, 3.63) is 35.4 Å². The summed E-state index contributed by atoms with van der Waals surface area (Å²) in [5.74, 6) is 0.575. The van der Waals surface area contributed by atoms with Crippen LogP contribution in [0.15, 0.2) is 24.3 Å². The minimum absolute atomic E-state index is 0.208. The van der Waals surface area contributed by atoms with E-state index in [-0.39, 0.29) is 6.04 Å². The number of likely N-dealkylation sites (N-methyl/N-ethyl adjacent to an activating group) is 1. The minimum atomic E-state index is 0.208. The van der Waals surface area contributed by atoms with Crippen LogP contribution in [0.25, 0.3) is 0 Å². The molecule has 1 aliphatic rings. The van der Waals surface area contributed by atoms with Crippen molar-refractivity contribution >= 4 is 0 Å². The van der Waals surface area contributed by atoms with Gasteiger partial charge in [-0.3, -0.25) is 0 Å². The van der Waals surface area contributed by atoms with Crippen molar-refractivity contribution in [1.29, 1.82) is 0 Å². The van der Waals surface area contributed by atoms with Crippen LogP contribution in [0, 0.1) is 0 Å². The Kier molecular flexibility index (Phi) is 5.54. The highest BCUT2D eigenvalue weighted by molar-refractivity contribution is 5.27. The summed E-state index contributed by atoms with van der Waals surface area (Å²) in [7, 11) is 2.17. The Hall–Kier alpha value is -0.940. The van der Waals surface area contributed by atoms with Crippen LogP contribution in [-0.2, 0) is 0 Å². The molecule has 1 unspecified atom stereocenters. The van der Waals surface area contributed by atoms with E-state index in [1.165, 1.54) is 11.1 Å². The van der Waals surface area contributed by atoms with Crippen LogP contribution in [0.1, 0.15) is 36.9 Å². The molecule has 1 aromatic rings. The highest BCUT2D eigenvalue weighted by atomic mass is 15.5. The molecule has 0 amide bonds. The standard InChI is InChI=1S/C16H28N4/c1-13(2)14-4-6-15(7-5-14)16(12-17)18-20-10-8-19(3)9-11-20/h4-7,13,16,18H,8-12,17H2,1-3H3. The lowest BCUT2D eigenvalue weighted by Crippen LogP contribution is -2.52. The molecular weight excluding hydrogens is 248 g/mol. The number of nitrogens with two attached hydrogens (primary N) is 1. The maximum absolute atomic E-state index is 5.95. The summed E-state index contributed by atoms with van der Waals surface area (Å²) < 4.78 is 0. The lowest BCUT2D eigenvalue weighted by atomic mass is 9.99. The summed E-state index contributed by atoms with van der Waals surface area (Å²) in [5, 5.41) is 2.30. The first-order valence-electron chi connectivity index (χ1n) is 7.59. The highest BCUT2D eigenvalue weighted by Gasteiger charge is 2.18. The monoisotopic (exact) mass is 276 g/mol. The van der Waals surface area contributed by atoms with E-state index < -0.39 is 0 Å². The van der Waals surface area contributed by atoms with Crippen LogP contribution in [0.3, 0.4) is 0 Å². The van der Waals surface area contributed by atoms with Crippen molar-refractivity contribution < 1.29 is 0 Å². The highest BCUT2D eigenvalue weighted by Crippen LogP contribution is 2.18. The first-order valence-corrected chi connectivity index (χ1v) is 7.59. The second kappa shape index (κ2) is 7.18. The molecule has 2 rings (SSSR count). The Morgan fingerprint density at radius 1 is 1.05 bits per heavy atom. The lowest BCUT2D eigenvalue weighted by Gasteiger charge is -2.35. The van der Waals surface area contributed by atoms with Crippen LogP contribution < -0.4 is 11.2 Å². The van der Waals surface area contributed by atoms with Crippen LogP contribution >= 0.6 is 0 Å². The molecule has 1 aromatic carbocycles. The molecule has 1 fully saturated rings. The average molecular weight is 276 g/mol. The number of hydrogen-bond acceptors (Lipinski definition) is 4. The molecule has 1 aliphatic heterocycles. The number of piperazine rings is 1. The molecule has 112 valence electrons. The third-order valence-corrected chi connectivity index (χ3v) is 4.08. The Balaban J connectivity index is 1.97. The van der Waals surface area contributed by atoms with Crippen molar-refractivity contribution in [3.8, 4) is 0 Å². The summed E-state index contributed by atoms with van der Waals surface area (Å²) >= 11 is 0. The molecule has 0 bridgehead atoms. The number of rotatable bonds is 5. The number of hydrazine groups is 1. The predicted octanol–water partition coefficient (Wildman–Crippen LogP) is 1.56. The van der Waals surface area contributed by atoms with Gasteiger partial charge >= 0.3 is 0 Å². The van der Waals surface area contributed by atoms with Crippen LogP contribution in [0.5, 0.6) is 0 Å². The van der Waals surface area contributed by atoms with E-state index in [0.717, 1.165) is 26.2 Å². The first-order chi connectivity index (χ1) is 9.60. The lowest BCUT2D eigenvalue weighted by molar-refractivity contribution is 0.0880. The fraction of sp³-hybridized carbons (Fsp3) is 0.625. The molecule has 0 aromatic heterocycles. The van der Waals surface area contributed by atoms with Gasteiger partial charge in [0.15, 0.2) is 0 Å². The molecule has 3 N–H and O–H groups in total. The number of nitrogens with one attached hydrogen (secondary N) is 1. The molecular formula is C16H28N4. The van der Waals surface area contributed by atoms with Crippen molar-refractivity contribution in [1.82, 2.24) is 15.3 Å². The molecule has 1 atom stereocenters. The van der Waals surface area contributed by atoms with E-state index in [4.69, 9.17) is 5.73 Å². The third kappa shape index (κ3) is 4.03. The zero-order chi connectivity index (χ0) is 14.5. The maximum atomic E-state index is 5.95. The molecule has 1 saturated heterocycles. The quantitative estimate of drug-likeness (QED) is 0.857. The Bertz CT molecular complexity index is 393. The molecule has 0 saturated carbocycles. The average Bonchev–Trinajstić information content (AvgIpc) is 2.47. The smallest absolute Gasteiger partial charge is 0.0587 e. The number of benzene rings is 1. The number of nitrogens with zero attached hydrogens (tertiary/aromatic N) is 2. The van der Waals surface area contributed by atoms with Gasteiger partial charge in [-0.05, 0) is 24.1 Å². The van der Waals surface area contributed by atoms with Crippen molar-refractivity contribution in [3.63, 3.8) is 0 Å². The van der Waals surface area contributed by atoms with Gasteiger partial charge in [-0.2, -0.15) is 0 Å². The number of hydrogen-bond donors (Lipinski definition) is 2. The van der Waals surface area contributed by atoms with Crippen LogP contribution in [-0.4, -0.2) is 49.7 Å². The van der Waals surface area contributed by atoms with E-state index >= 15 is 0 Å². The van der Waals surface area contributed by atoms with Crippen molar-refractivity contribution in [2.24, 2.45) is 5.73 Å². The molecule has 1 heterocycles. The molecule has 4 nitrogen and oxygen atoms in total. The van der Waals surface area contributed by atoms with Crippen LogP contribution in [0.4, 0.5) is 0 Å². The van der Waals surface area contributed by atoms with Gasteiger partial charge in [0.2, 0.25) is 0 Å². The van der Waals surface area contributed by atoms with E-state index in [1.807, 2.05) is 0 Å². The first kappa shape index (κ1) is 15.4. The summed E-state index contributed by atoms with van der Waals surface area (Å²) in [6, 6.07) is 9.05. The van der Waals surface area contributed by atoms with Gasteiger partial charge in [0, 0.05) is 32.7 Å². The summed E-state index contributed by atoms with van der Waals surface area (Å²) in [6.45, 7) is 9.38. The minimum Gasteiger partial charge on any atom is -0.329 e. The molecule has 20 heavy (non-hydrogen) atoms. The van der Waals surface area contributed by atoms with Gasteiger partial charge in [-0.25, -0.2) is 10.4 Å². The molecule has 0 radical (unpaired) electrons. The van der Waals surface area contributed by atoms with E-state index in [9.17, 15) is 0 Å². The summed E-state index contributed by atoms with van der Waals surface area (Å²) in [6.07, 6.45) is 0. The van der Waals surface area contributed by atoms with Gasteiger partial charge in [0.05, 0.1) is 6.04 Å². The van der Waals surface area contributed by atoms with Gasteiger partial charge in [-0.1, -0.05) is 38.1 Å². The van der Waals surface area contributed by atoms with Gasteiger partial charge < -0.3 is 10.6 Å². The Morgan fingerprint density at radius 2 is 1.60 bits per heavy atom. The summed E-state index contributed by atoms with van der Waals surface area (Å²) in [5.41, 5.74) is 12.2. The SMILES string of the molecule is CC(C)c1ccc(C(CN)NN2CCN(C)CC2)cc1. The Morgan fingerprint density at radius 3 is 2.10 bits per heavy atom. The van der Waals surface area contributed by atoms with Gasteiger partial charge in [0.25, 0.3) is 0 Å². The summed E-state index contributed by atoms with van der Waals surface area (Å²) in [4.78, 5) is 2.35. The third-order valence-electron chi connectivity index (χ3n) is 4.08. The second-order valence-corrected chi connectivity index (χ2v) is 6.03. The van der Waals surface area contributed by atoms with E-state index in [0.29, 0.717) is 12.5 Å².